The number of likely N-dealkylation sites (N-methyl/N-ethyl adjacent to an activating group) is 1. The van der Waals surface area contributed by atoms with Crippen LogP contribution in [0.3, 0.4) is 0 Å². The van der Waals surface area contributed by atoms with Crippen molar-refractivity contribution >= 4 is 11.8 Å². The Labute approximate surface area is 138 Å². The minimum Gasteiger partial charge on any atom is -0.395 e. The van der Waals surface area contributed by atoms with Gasteiger partial charge in [-0.15, -0.1) is 0 Å². The first-order valence-electron chi connectivity index (χ1n) is 8.88. The standard InChI is InChI=1S/C17H29N3O3/c1-13-11-14(12-13)15(22)19-5-3-17(4-6-19)16(23)20(9-10-21)8-7-18(17)2/h13-14,21H,3-12H2,1-2H3. The maximum absolute atomic E-state index is 12.9. The van der Waals surface area contributed by atoms with Gasteiger partial charge in [-0.2, -0.15) is 0 Å². The minimum atomic E-state index is -0.475. The first-order chi connectivity index (χ1) is 11.0. The smallest absolute Gasteiger partial charge is 0.243 e. The predicted octanol–water partition coefficient (Wildman–Crippen LogP) is 0.160. The van der Waals surface area contributed by atoms with Crippen LogP contribution >= 0.6 is 0 Å². The first kappa shape index (κ1) is 16.7. The number of piperazine rings is 1. The summed E-state index contributed by atoms with van der Waals surface area (Å²) < 4.78 is 0. The lowest BCUT2D eigenvalue weighted by atomic mass is 9.74. The number of nitrogens with zero attached hydrogens (tertiary/aromatic N) is 3. The summed E-state index contributed by atoms with van der Waals surface area (Å²) in [5.41, 5.74) is -0.475. The van der Waals surface area contributed by atoms with E-state index >= 15 is 0 Å². The zero-order valence-electron chi connectivity index (χ0n) is 14.3. The molecule has 0 aromatic rings. The van der Waals surface area contributed by atoms with Gasteiger partial charge in [-0.1, -0.05) is 6.92 Å². The van der Waals surface area contributed by atoms with Crippen LogP contribution in [0.15, 0.2) is 0 Å². The summed E-state index contributed by atoms with van der Waals surface area (Å²) >= 11 is 0. The van der Waals surface area contributed by atoms with Gasteiger partial charge in [0.1, 0.15) is 5.54 Å². The Kier molecular flexibility index (Phi) is 4.65. The Morgan fingerprint density at radius 3 is 2.43 bits per heavy atom. The molecule has 1 spiro atoms. The van der Waals surface area contributed by atoms with Gasteiger partial charge >= 0.3 is 0 Å². The molecule has 23 heavy (non-hydrogen) atoms. The molecule has 2 aliphatic heterocycles. The lowest BCUT2D eigenvalue weighted by molar-refractivity contribution is -0.158. The highest BCUT2D eigenvalue weighted by Gasteiger charge is 2.50. The van der Waals surface area contributed by atoms with Gasteiger partial charge in [0, 0.05) is 38.6 Å². The second-order valence-electron chi connectivity index (χ2n) is 7.57. The van der Waals surface area contributed by atoms with E-state index in [1.807, 2.05) is 11.9 Å². The fraction of sp³-hybridized carbons (Fsp3) is 0.882. The van der Waals surface area contributed by atoms with Gasteiger partial charge in [0.2, 0.25) is 11.8 Å². The summed E-state index contributed by atoms with van der Waals surface area (Å²) in [6, 6.07) is 0. The van der Waals surface area contributed by atoms with E-state index in [2.05, 4.69) is 11.8 Å². The maximum Gasteiger partial charge on any atom is 0.243 e. The van der Waals surface area contributed by atoms with Crippen molar-refractivity contribution in [2.24, 2.45) is 11.8 Å². The summed E-state index contributed by atoms with van der Waals surface area (Å²) in [6.07, 6.45) is 3.45. The van der Waals surface area contributed by atoms with E-state index in [-0.39, 0.29) is 24.3 Å². The molecular formula is C17H29N3O3. The molecule has 3 rings (SSSR count). The van der Waals surface area contributed by atoms with E-state index < -0.39 is 5.54 Å². The number of carbonyl (C=O) groups excluding carboxylic acids is 2. The normalized spacial score (nSPS) is 31.3. The molecule has 3 fully saturated rings. The quantitative estimate of drug-likeness (QED) is 0.804. The zero-order valence-corrected chi connectivity index (χ0v) is 14.3. The fourth-order valence-electron chi connectivity index (χ4n) is 4.43. The van der Waals surface area contributed by atoms with Crippen molar-refractivity contribution in [3.8, 4) is 0 Å². The third-order valence-corrected chi connectivity index (χ3v) is 6.12. The Balaban J connectivity index is 1.63. The van der Waals surface area contributed by atoms with Crippen LogP contribution in [0.4, 0.5) is 0 Å². The molecule has 3 aliphatic rings. The Morgan fingerprint density at radius 2 is 1.87 bits per heavy atom. The number of likely N-dealkylation sites (tertiary alicyclic amines) is 1. The van der Waals surface area contributed by atoms with Crippen LogP contribution in [0.2, 0.25) is 0 Å². The summed E-state index contributed by atoms with van der Waals surface area (Å²) in [7, 11) is 2.01. The molecule has 2 amide bonds. The fourth-order valence-corrected chi connectivity index (χ4v) is 4.43. The molecule has 1 saturated carbocycles. The number of β-amino-alcohol motifs (C(OH)–C–C–N with tert-alkyl or cyclic N) is 1. The predicted molar refractivity (Wildman–Crippen MR) is 86.7 cm³/mol. The summed E-state index contributed by atoms with van der Waals surface area (Å²) in [6.45, 7) is 5.48. The summed E-state index contributed by atoms with van der Waals surface area (Å²) in [5.74, 6) is 1.31. The third-order valence-electron chi connectivity index (χ3n) is 6.12. The molecule has 1 N–H and O–H groups in total. The number of aliphatic hydroxyl groups is 1. The van der Waals surface area contributed by atoms with Crippen LogP contribution < -0.4 is 0 Å². The van der Waals surface area contributed by atoms with Crippen molar-refractivity contribution in [1.82, 2.24) is 14.7 Å². The largest absolute Gasteiger partial charge is 0.395 e. The van der Waals surface area contributed by atoms with E-state index in [4.69, 9.17) is 5.11 Å². The SMILES string of the molecule is CC1CC(C(=O)N2CCC3(CC2)C(=O)N(CCO)CCN3C)C1. The van der Waals surface area contributed by atoms with Crippen LogP contribution in [0.5, 0.6) is 0 Å². The highest BCUT2D eigenvalue weighted by Crippen LogP contribution is 2.37. The van der Waals surface area contributed by atoms with Crippen molar-refractivity contribution < 1.29 is 14.7 Å². The molecule has 0 radical (unpaired) electrons. The van der Waals surface area contributed by atoms with E-state index in [9.17, 15) is 9.59 Å². The molecule has 2 saturated heterocycles. The van der Waals surface area contributed by atoms with Crippen molar-refractivity contribution in [3.63, 3.8) is 0 Å². The second-order valence-corrected chi connectivity index (χ2v) is 7.57. The van der Waals surface area contributed by atoms with E-state index in [1.54, 1.807) is 4.90 Å². The highest BCUT2D eigenvalue weighted by atomic mass is 16.3. The van der Waals surface area contributed by atoms with Crippen molar-refractivity contribution in [2.75, 3.05) is 46.4 Å². The van der Waals surface area contributed by atoms with Gasteiger partial charge in [0.25, 0.3) is 0 Å². The van der Waals surface area contributed by atoms with Gasteiger partial charge < -0.3 is 14.9 Å². The Hall–Kier alpha value is -1.14. The third kappa shape index (κ3) is 2.87. The minimum absolute atomic E-state index is 0.00993. The molecule has 0 aromatic heterocycles. The number of aliphatic hydroxyl groups excluding tert-OH is 1. The number of piperidine rings is 1. The first-order valence-corrected chi connectivity index (χ1v) is 8.88. The average molecular weight is 323 g/mol. The van der Waals surface area contributed by atoms with Crippen molar-refractivity contribution in [2.45, 2.75) is 38.1 Å². The molecule has 0 atom stereocenters. The number of hydrogen-bond acceptors (Lipinski definition) is 4. The highest BCUT2D eigenvalue weighted by molar-refractivity contribution is 5.88. The number of rotatable bonds is 3. The number of amides is 2. The molecular weight excluding hydrogens is 294 g/mol. The van der Waals surface area contributed by atoms with Gasteiger partial charge in [-0.3, -0.25) is 14.5 Å². The van der Waals surface area contributed by atoms with Crippen molar-refractivity contribution in [1.29, 1.82) is 0 Å². The molecule has 130 valence electrons. The van der Waals surface area contributed by atoms with E-state index in [0.29, 0.717) is 44.9 Å². The molecule has 0 unspecified atom stereocenters. The summed E-state index contributed by atoms with van der Waals surface area (Å²) in [5, 5.41) is 9.16. The Morgan fingerprint density at radius 1 is 1.22 bits per heavy atom. The number of hydrogen-bond donors (Lipinski definition) is 1. The number of carbonyl (C=O) groups is 2. The average Bonchev–Trinajstić information content (AvgIpc) is 2.53. The molecule has 1 aliphatic carbocycles. The van der Waals surface area contributed by atoms with Crippen LogP contribution in [0.25, 0.3) is 0 Å². The van der Waals surface area contributed by atoms with Gasteiger partial charge in [0.05, 0.1) is 6.61 Å². The second kappa shape index (κ2) is 6.40. The van der Waals surface area contributed by atoms with E-state index in [1.165, 1.54) is 0 Å². The van der Waals surface area contributed by atoms with Crippen LogP contribution in [-0.4, -0.2) is 83.5 Å². The lowest BCUT2D eigenvalue weighted by Gasteiger charge is -2.52. The molecule has 6 nitrogen and oxygen atoms in total. The van der Waals surface area contributed by atoms with E-state index in [0.717, 1.165) is 19.4 Å². The monoisotopic (exact) mass is 323 g/mol. The topological polar surface area (TPSA) is 64.1 Å². The summed E-state index contributed by atoms with van der Waals surface area (Å²) in [4.78, 5) is 31.3. The van der Waals surface area contributed by atoms with Gasteiger partial charge in [0.15, 0.2) is 0 Å². The molecule has 0 aromatic carbocycles. The van der Waals surface area contributed by atoms with Crippen LogP contribution in [0, 0.1) is 11.8 Å². The molecule has 0 bridgehead atoms. The molecule has 2 heterocycles. The lowest BCUT2D eigenvalue weighted by Crippen LogP contribution is -2.68. The molecule has 6 heteroatoms. The zero-order chi connectivity index (χ0) is 16.6. The Bertz CT molecular complexity index is 468. The van der Waals surface area contributed by atoms with Crippen LogP contribution in [-0.2, 0) is 9.59 Å². The van der Waals surface area contributed by atoms with Crippen molar-refractivity contribution in [3.05, 3.63) is 0 Å². The van der Waals surface area contributed by atoms with Crippen LogP contribution in [0.1, 0.15) is 32.6 Å². The van der Waals surface area contributed by atoms with Gasteiger partial charge in [-0.05, 0) is 38.6 Å². The maximum atomic E-state index is 12.9. The van der Waals surface area contributed by atoms with Gasteiger partial charge in [-0.25, -0.2) is 0 Å².